The van der Waals surface area contributed by atoms with Gasteiger partial charge in [-0.15, -0.1) is 11.3 Å². The Morgan fingerprint density at radius 1 is 0.944 bits per heavy atom. The maximum absolute atomic E-state index is 13.2. The number of carbonyl (C=O) groups is 3. The maximum Gasteiger partial charge on any atom is 0.348 e. The number of esters is 2. The van der Waals surface area contributed by atoms with Gasteiger partial charge in [-0.05, 0) is 62.7 Å². The average molecular weight is 535 g/mol. The molecule has 0 spiro atoms. The van der Waals surface area contributed by atoms with Crippen molar-refractivity contribution in [2.45, 2.75) is 25.7 Å². The van der Waals surface area contributed by atoms with Crippen LogP contribution in [-0.2, 0) is 19.5 Å². The summed E-state index contributed by atoms with van der Waals surface area (Å²) < 4.78 is 51.2. The minimum atomic E-state index is -4.14. The monoisotopic (exact) mass is 534 g/mol. The molecule has 0 aliphatic rings. The zero-order chi connectivity index (χ0) is 26.5. The number of para-hydroxylation sites is 1. The molecule has 3 aromatic rings. The Morgan fingerprint density at radius 3 is 2.19 bits per heavy atom. The summed E-state index contributed by atoms with van der Waals surface area (Å²) in [6, 6.07) is 10.0. The molecule has 3 rings (SSSR count). The van der Waals surface area contributed by atoms with Crippen LogP contribution in [0.2, 0.25) is 0 Å². The molecule has 0 radical (unpaired) electrons. The van der Waals surface area contributed by atoms with Gasteiger partial charge in [-0.3, -0.25) is 9.52 Å². The van der Waals surface area contributed by atoms with Gasteiger partial charge in [0.2, 0.25) is 0 Å². The van der Waals surface area contributed by atoms with Crippen molar-refractivity contribution in [3.05, 3.63) is 75.9 Å². The second-order valence-corrected chi connectivity index (χ2v) is 9.96. The van der Waals surface area contributed by atoms with Crippen LogP contribution < -0.4 is 10.0 Å². The van der Waals surface area contributed by atoms with Gasteiger partial charge in [-0.1, -0.05) is 12.1 Å². The first-order valence-electron chi connectivity index (χ1n) is 10.7. The second-order valence-electron chi connectivity index (χ2n) is 7.26. The number of hydrogen-bond donors (Lipinski definition) is 2. The lowest BCUT2D eigenvalue weighted by Crippen LogP contribution is -2.19. The predicted octanol–water partition coefficient (Wildman–Crippen LogP) is 4.60. The van der Waals surface area contributed by atoms with E-state index >= 15 is 0 Å². The lowest BCUT2D eigenvalue weighted by Gasteiger charge is -2.13. The molecule has 190 valence electrons. The highest BCUT2D eigenvalue weighted by Gasteiger charge is 2.28. The zero-order valence-corrected chi connectivity index (χ0v) is 21.2. The number of sulfonamides is 1. The van der Waals surface area contributed by atoms with E-state index in [1.54, 1.807) is 13.8 Å². The Labute approximate surface area is 211 Å². The highest BCUT2D eigenvalue weighted by atomic mass is 32.2. The third kappa shape index (κ3) is 5.89. The number of anilines is 2. The molecule has 0 aliphatic heterocycles. The van der Waals surface area contributed by atoms with E-state index in [1.807, 2.05) is 0 Å². The fourth-order valence-electron chi connectivity index (χ4n) is 3.20. The van der Waals surface area contributed by atoms with Crippen molar-refractivity contribution in [2.24, 2.45) is 0 Å². The molecule has 1 aromatic heterocycles. The number of ether oxygens (including phenoxy) is 2. The summed E-state index contributed by atoms with van der Waals surface area (Å²) in [6.07, 6.45) is 0. The largest absolute Gasteiger partial charge is 0.462 e. The van der Waals surface area contributed by atoms with Crippen LogP contribution in [0.3, 0.4) is 0 Å². The molecule has 2 N–H and O–H groups in total. The first-order chi connectivity index (χ1) is 17.1. The van der Waals surface area contributed by atoms with Gasteiger partial charge in [0.05, 0.1) is 34.9 Å². The summed E-state index contributed by atoms with van der Waals surface area (Å²) in [4.78, 5) is 38.1. The third-order valence-electron chi connectivity index (χ3n) is 4.85. The molecule has 12 heteroatoms. The van der Waals surface area contributed by atoms with Crippen LogP contribution in [0.1, 0.15) is 49.8 Å². The van der Waals surface area contributed by atoms with Crippen LogP contribution >= 0.6 is 11.3 Å². The minimum Gasteiger partial charge on any atom is -0.462 e. The molecule has 36 heavy (non-hydrogen) atoms. The Kier molecular flexibility index (Phi) is 8.43. The molecular weight excluding hydrogens is 511 g/mol. The molecule has 0 unspecified atom stereocenters. The normalized spacial score (nSPS) is 11.0. The number of carbonyl (C=O) groups excluding carboxylic acids is 3. The van der Waals surface area contributed by atoms with Gasteiger partial charge in [0.1, 0.15) is 15.7 Å². The smallest absolute Gasteiger partial charge is 0.348 e. The second kappa shape index (κ2) is 11.3. The van der Waals surface area contributed by atoms with Crippen molar-refractivity contribution in [1.29, 1.82) is 0 Å². The van der Waals surface area contributed by atoms with E-state index < -0.39 is 33.7 Å². The summed E-state index contributed by atoms with van der Waals surface area (Å²) in [5.41, 5.74) is 0.192. The van der Waals surface area contributed by atoms with Crippen LogP contribution in [0.25, 0.3) is 0 Å². The van der Waals surface area contributed by atoms with Crippen molar-refractivity contribution in [2.75, 3.05) is 23.3 Å². The SMILES string of the molecule is CCOC(=O)c1sc(NC(=O)c2ccccc2NS(=O)(=O)c2ccc(F)cc2)c(C(=O)OCC)c1C. The molecule has 2 aromatic carbocycles. The Bertz CT molecular complexity index is 1400. The van der Waals surface area contributed by atoms with Gasteiger partial charge in [0.15, 0.2) is 0 Å². The van der Waals surface area contributed by atoms with Crippen LogP contribution in [0, 0.1) is 12.7 Å². The molecule has 0 bridgehead atoms. The van der Waals surface area contributed by atoms with E-state index in [1.165, 1.54) is 31.2 Å². The van der Waals surface area contributed by atoms with E-state index in [0.29, 0.717) is 0 Å². The fourth-order valence-corrected chi connectivity index (χ4v) is 5.36. The quantitative estimate of drug-likeness (QED) is 0.384. The number of halogens is 1. The molecular formula is C24H23FN2O7S2. The number of nitrogens with one attached hydrogen (secondary N) is 2. The molecule has 1 amide bonds. The van der Waals surface area contributed by atoms with Crippen molar-refractivity contribution < 1.29 is 36.7 Å². The maximum atomic E-state index is 13.2. The van der Waals surface area contributed by atoms with Crippen molar-refractivity contribution in [3.8, 4) is 0 Å². The summed E-state index contributed by atoms with van der Waals surface area (Å²) >= 11 is 0.847. The molecule has 0 fully saturated rings. The Balaban J connectivity index is 1.96. The summed E-state index contributed by atoms with van der Waals surface area (Å²) in [6.45, 7) is 4.99. The van der Waals surface area contributed by atoms with Crippen LogP contribution in [0.15, 0.2) is 53.4 Å². The van der Waals surface area contributed by atoms with Gasteiger partial charge < -0.3 is 14.8 Å². The average Bonchev–Trinajstić information content (AvgIpc) is 3.15. The summed E-state index contributed by atoms with van der Waals surface area (Å²) in [7, 11) is -4.14. The van der Waals surface area contributed by atoms with E-state index in [4.69, 9.17) is 9.47 Å². The van der Waals surface area contributed by atoms with E-state index in [0.717, 1.165) is 35.6 Å². The van der Waals surface area contributed by atoms with Gasteiger partial charge in [0.25, 0.3) is 15.9 Å². The predicted molar refractivity (Wildman–Crippen MR) is 133 cm³/mol. The zero-order valence-electron chi connectivity index (χ0n) is 19.6. The fraction of sp³-hybridized carbons (Fsp3) is 0.208. The van der Waals surface area contributed by atoms with Crippen LogP contribution in [0.5, 0.6) is 0 Å². The lowest BCUT2D eigenvalue weighted by atomic mass is 10.1. The molecule has 0 aliphatic carbocycles. The van der Waals surface area contributed by atoms with E-state index in [2.05, 4.69) is 10.0 Å². The van der Waals surface area contributed by atoms with Gasteiger partial charge >= 0.3 is 11.9 Å². The van der Waals surface area contributed by atoms with Crippen molar-refractivity contribution in [1.82, 2.24) is 0 Å². The van der Waals surface area contributed by atoms with E-state index in [-0.39, 0.29) is 50.4 Å². The number of hydrogen-bond acceptors (Lipinski definition) is 8. The third-order valence-corrected chi connectivity index (χ3v) is 7.42. The first-order valence-corrected chi connectivity index (χ1v) is 13.0. The van der Waals surface area contributed by atoms with Gasteiger partial charge in [-0.25, -0.2) is 22.4 Å². The van der Waals surface area contributed by atoms with Crippen LogP contribution in [0.4, 0.5) is 15.1 Å². The highest BCUT2D eigenvalue weighted by Crippen LogP contribution is 2.35. The summed E-state index contributed by atoms with van der Waals surface area (Å²) in [5.74, 6) is -2.73. The standard InChI is InChI=1S/C24H23FN2O7S2/c1-4-33-23(29)19-14(3)20(24(30)34-5-2)35-22(19)26-21(28)17-8-6-7-9-18(17)27-36(31,32)16-12-10-15(25)11-13-16/h6-13,27H,4-5H2,1-3H3,(H,26,28). The number of benzene rings is 2. The van der Waals surface area contributed by atoms with E-state index in [9.17, 15) is 27.2 Å². The first kappa shape index (κ1) is 26.8. The van der Waals surface area contributed by atoms with Crippen LogP contribution in [-0.4, -0.2) is 39.5 Å². The minimum absolute atomic E-state index is 0.00243. The Morgan fingerprint density at radius 2 is 1.56 bits per heavy atom. The highest BCUT2D eigenvalue weighted by molar-refractivity contribution is 7.92. The van der Waals surface area contributed by atoms with Crippen molar-refractivity contribution >= 4 is 49.9 Å². The van der Waals surface area contributed by atoms with Gasteiger partial charge in [0, 0.05) is 0 Å². The molecule has 0 atom stereocenters. The molecule has 0 saturated carbocycles. The molecule has 1 heterocycles. The molecule has 0 saturated heterocycles. The Hall–Kier alpha value is -3.77. The van der Waals surface area contributed by atoms with Gasteiger partial charge in [-0.2, -0.15) is 0 Å². The van der Waals surface area contributed by atoms with Crippen molar-refractivity contribution in [3.63, 3.8) is 0 Å². The molecule has 9 nitrogen and oxygen atoms in total. The topological polar surface area (TPSA) is 128 Å². The summed E-state index contributed by atoms with van der Waals surface area (Å²) in [5, 5.41) is 2.64. The lowest BCUT2D eigenvalue weighted by molar-refractivity contribution is 0.0527. The number of thiophene rings is 1. The number of rotatable bonds is 9. The number of amides is 1.